The van der Waals surface area contributed by atoms with Gasteiger partial charge in [-0.25, -0.2) is 0 Å². The Balaban J connectivity index is 2.23. The Labute approximate surface area is 102 Å². The molecule has 0 N–H and O–H groups in total. The van der Waals surface area contributed by atoms with Crippen molar-refractivity contribution in [1.82, 2.24) is 0 Å². The number of hydrogen-bond acceptors (Lipinski definition) is 3. The first-order valence-electron chi connectivity index (χ1n) is 6.16. The molecule has 1 fully saturated rings. The van der Waals surface area contributed by atoms with E-state index in [0.29, 0.717) is 12.5 Å². The van der Waals surface area contributed by atoms with E-state index in [-0.39, 0.29) is 5.78 Å². The molecule has 92 valence electrons. The van der Waals surface area contributed by atoms with Gasteiger partial charge in [-0.05, 0) is 18.6 Å². The summed E-state index contributed by atoms with van der Waals surface area (Å²) in [5.41, 5.74) is 1.89. The molecule has 1 saturated heterocycles. The fourth-order valence-electron chi connectivity index (χ4n) is 2.32. The molecule has 2 rings (SSSR count). The van der Waals surface area contributed by atoms with Crippen molar-refractivity contribution >= 4 is 11.5 Å². The van der Waals surface area contributed by atoms with E-state index in [9.17, 15) is 4.79 Å². The fourth-order valence-corrected chi connectivity index (χ4v) is 2.32. The molecule has 0 saturated carbocycles. The molecule has 1 aromatic rings. The average Bonchev–Trinajstić information content (AvgIpc) is 2.86. The molecule has 0 aromatic heterocycles. The highest BCUT2D eigenvalue weighted by Gasteiger charge is 2.24. The lowest BCUT2D eigenvalue weighted by molar-refractivity contribution is 0.0988. The van der Waals surface area contributed by atoms with Gasteiger partial charge in [0.1, 0.15) is 0 Å². The number of rotatable bonds is 4. The van der Waals surface area contributed by atoms with Crippen LogP contribution in [0.5, 0.6) is 0 Å². The monoisotopic (exact) mass is 233 g/mol. The summed E-state index contributed by atoms with van der Waals surface area (Å²) in [5, 5.41) is 0. The number of anilines is 1. The second kappa shape index (κ2) is 5.32. The van der Waals surface area contributed by atoms with Crippen molar-refractivity contribution in [3.05, 3.63) is 29.8 Å². The number of ether oxygens (including phenoxy) is 1. The number of carbonyl (C=O) groups excluding carboxylic acids is 1. The first kappa shape index (κ1) is 12.1. The fraction of sp³-hybridized carbons (Fsp3) is 0.500. The Morgan fingerprint density at radius 1 is 1.47 bits per heavy atom. The van der Waals surface area contributed by atoms with Crippen LogP contribution in [0.3, 0.4) is 0 Å². The van der Waals surface area contributed by atoms with Gasteiger partial charge < -0.3 is 9.64 Å². The Morgan fingerprint density at radius 3 is 2.88 bits per heavy atom. The van der Waals surface area contributed by atoms with E-state index in [1.807, 2.05) is 31.2 Å². The van der Waals surface area contributed by atoms with Crippen LogP contribution < -0.4 is 4.90 Å². The third-order valence-electron chi connectivity index (χ3n) is 3.34. The summed E-state index contributed by atoms with van der Waals surface area (Å²) < 4.78 is 5.36. The van der Waals surface area contributed by atoms with E-state index in [4.69, 9.17) is 4.74 Å². The highest BCUT2D eigenvalue weighted by atomic mass is 16.5. The Morgan fingerprint density at radius 2 is 2.24 bits per heavy atom. The smallest absolute Gasteiger partial charge is 0.164 e. The largest absolute Gasteiger partial charge is 0.380 e. The lowest BCUT2D eigenvalue weighted by Crippen LogP contribution is -2.24. The number of para-hydroxylation sites is 1. The standard InChI is InChI=1S/C14H19NO2/c1-3-14(16)12-6-4-5-7-13(12)15-9-8-11(10-15)17-2/h4-7,11H,3,8-10H2,1-2H3. The first-order chi connectivity index (χ1) is 8.26. The molecule has 0 aliphatic carbocycles. The Bertz CT molecular complexity index is 403. The second-order valence-electron chi connectivity index (χ2n) is 4.39. The summed E-state index contributed by atoms with van der Waals surface area (Å²) in [6.07, 6.45) is 1.88. The van der Waals surface area contributed by atoms with Crippen molar-refractivity contribution in [2.75, 3.05) is 25.1 Å². The van der Waals surface area contributed by atoms with Crippen molar-refractivity contribution in [2.24, 2.45) is 0 Å². The van der Waals surface area contributed by atoms with Crippen molar-refractivity contribution < 1.29 is 9.53 Å². The summed E-state index contributed by atoms with van der Waals surface area (Å²) in [5.74, 6) is 0.210. The van der Waals surface area contributed by atoms with Gasteiger partial charge in [0.2, 0.25) is 0 Å². The van der Waals surface area contributed by atoms with Gasteiger partial charge in [-0.2, -0.15) is 0 Å². The van der Waals surface area contributed by atoms with Crippen LogP contribution in [0.2, 0.25) is 0 Å². The van der Waals surface area contributed by atoms with Crippen molar-refractivity contribution in [2.45, 2.75) is 25.9 Å². The maximum atomic E-state index is 11.9. The highest BCUT2D eigenvalue weighted by Crippen LogP contribution is 2.26. The molecule has 17 heavy (non-hydrogen) atoms. The predicted octanol–water partition coefficient (Wildman–Crippen LogP) is 2.50. The highest BCUT2D eigenvalue weighted by molar-refractivity contribution is 6.01. The SMILES string of the molecule is CCC(=O)c1ccccc1N1CCC(OC)C1. The summed E-state index contributed by atoms with van der Waals surface area (Å²) in [4.78, 5) is 14.1. The van der Waals surface area contributed by atoms with Gasteiger partial charge in [0.25, 0.3) is 0 Å². The topological polar surface area (TPSA) is 29.5 Å². The van der Waals surface area contributed by atoms with Gasteiger partial charge in [0.05, 0.1) is 6.10 Å². The number of hydrogen-bond donors (Lipinski definition) is 0. The summed E-state index contributed by atoms with van der Waals surface area (Å²) in [6, 6.07) is 7.86. The molecule has 0 radical (unpaired) electrons. The quantitative estimate of drug-likeness (QED) is 0.748. The number of benzene rings is 1. The van der Waals surface area contributed by atoms with E-state index in [1.54, 1.807) is 7.11 Å². The zero-order chi connectivity index (χ0) is 12.3. The molecule has 1 unspecified atom stereocenters. The van der Waals surface area contributed by atoms with Crippen LogP contribution in [0.15, 0.2) is 24.3 Å². The molecule has 0 bridgehead atoms. The predicted molar refractivity (Wildman–Crippen MR) is 68.7 cm³/mol. The van der Waals surface area contributed by atoms with Crippen LogP contribution in [0.1, 0.15) is 30.1 Å². The van der Waals surface area contributed by atoms with E-state index < -0.39 is 0 Å². The van der Waals surface area contributed by atoms with Crippen LogP contribution in [0.25, 0.3) is 0 Å². The van der Waals surface area contributed by atoms with E-state index in [0.717, 1.165) is 30.8 Å². The third-order valence-corrected chi connectivity index (χ3v) is 3.34. The minimum atomic E-state index is 0.210. The number of carbonyl (C=O) groups is 1. The zero-order valence-electron chi connectivity index (χ0n) is 10.5. The molecule has 1 aliphatic heterocycles. The molecule has 1 aliphatic rings. The Hall–Kier alpha value is -1.35. The zero-order valence-corrected chi connectivity index (χ0v) is 10.5. The molecular formula is C14H19NO2. The van der Waals surface area contributed by atoms with E-state index in [2.05, 4.69) is 4.90 Å². The Kier molecular flexibility index (Phi) is 3.79. The summed E-state index contributed by atoms with van der Waals surface area (Å²) >= 11 is 0. The second-order valence-corrected chi connectivity index (χ2v) is 4.39. The van der Waals surface area contributed by atoms with Crippen LogP contribution in [0.4, 0.5) is 5.69 Å². The third kappa shape index (κ3) is 2.50. The van der Waals surface area contributed by atoms with Crippen LogP contribution in [-0.2, 0) is 4.74 Å². The summed E-state index contributed by atoms with van der Waals surface area (Å²) in [6.45, 7) is 3.75. The van der Waals surface area contributed by atoms with Gasteiger partial charge in [-0.15, -0.1) is 0 Å². The maximum absolute atomic E-state index is 11.9. The first-order valence-corrected chi connectivity index (χ1v) is 6.16. The molecule has 0 amide bonds. The normalized spacial score (nSPS) is 19.6. The molecule has 3 nitrogen and oxygen atoms in total. The van der Waals surface area contributed by atoms with Crippen LogP contribution >= 0.6 is 0 Å². The minimum Gasteiger partial charge on any atom is -0.380 e. The van der Waals surface area contributed by atoms with Gasteiger partial charge in [-0.1, -0.05) is 19.1 Å². The average molecular weight is 233 g/mol. The molecular weight excluding hydrogens is 214 g/mol. The van der Waals surface area contributed by atoms with E-state index >= 15 is 0 Å². The lowest BCUT2D eigenvalue weighted by atomic mass is 10.1. The van der Waals surface area contributed by atoms with Gasteiger partial charge in [-0.3, -0.25) is 4.79 Å². The van der Waals surface area contributed by atoms with Crippen molar-refractivity contribution in [3.63, 3.8) is 0 Å². The van der Waals surface area contributed by atoms with Gasteiger partial charge in [0.15, 0.2) is 5.78 Å². The molecule has 0 spiro atoms. The van der Waals surface area contributed by atoms with Crippen molar-refractivity contribution in [1.29, 1.82) is 0 Å². The molecule has 1 aromatic carbocycles. The van der Waals surface area contributed by atoms with Crippen molar-refractivity contribution in [3.8, 4) is 0 Å². The molecule has 1 heterocycles. The number of ketones is 1. The van der Waals surface area contributed by atoms with Gasteiger partial charge >= 0.3 is 0 Å². The molecule has 3 heteroatoms. The van der Waals surface area contributed by atoms with Crippen LogP contribution in [-0.4, -0.2) is 32.1 Å². The maximum Gasteiger partial charge on any atom is 0.164 e. The number of nitrogens with zero attached hydrogens (tertiary/aromatic N) is 1. The molecule has 1 atom stereocenters. The van der Waals surface area contributed by atoms with Gasteiger partial charge in [0, 0.05) is 37.9 Å². The number of Topliss-reactive ketones (excluding diaryl/α,β-unsaturated/α-hetero) is 1. The van der Waals surface area contributed by atoms with Crippen LogP contribution in [0, 0.1) is 0 Å². The van der Waals surface area contributed by atoms with E-state index in [1.165, 1.54) is 0 Å². The minimum absolute atomic E-state index is 0.210. The summed E-state index contributed by atoms with van der Waals surface area (Å²) in [7, 11) is 1.75. The number of methoxy groups -OCH3 is 1. The lowest BCUT2D eigenvalue weighted by Gasteiger charge is -2.21.